The Morgan fingerprint density at radius 1 is 0.586 bits per heavy atom. The molecule has 1 saturated heterocycles. The van der Waals surface area contributed by atoms with Gasteiger partial charge in [-0.2, -0.15) is 23.5 Å². The fourth-order valence-corrected chi connectivity index (χ4v) is 9.86. The molecule has 1 aliphatic rings. The van der Waals surface area contributed by atoms with Gasteiger partial charge in [0, 0.05) is 43.7 Å². The maximum atomic E-state index is 12.9. The van der Waals surface area contributed by atoms with E-state index in [0.717, 1.165) is 113 Å². The first-order valence-corrected chi connectivity index (χ1v) is 27.1. The molecule has 1 fully saturated rings. The molecule has 0 aromatic carbocycles. The van der Waals surface area contributed by atoms with Crippen LogP contribution in [0.1, 0.15) is 227 Å². The summed E-state index contributed by atoms with van der Waals surface area (Å²) >= 11 is 3.89. The zero-order chi connectivity index (χ0) is 42.4. The molecule has 0 aliphatic carbocycles. The zero-order valence-corrected chi connectivity index (χ0v) is 40.7. The molecule has 0 N–H and O–H groups in total. The van der Waals surface area contributed by atoms with Crippen LogP contribution in [0.2, 0.25) is 0 Å². The second-order valence-corrected chi connectivity index (χ2v) is 19.9. The van der Waals surface area contributed by atoms with Crippen molar-refractivity contribution in [2.24, 2.45) is 0 Å². The second kappa shape index (κ2) is 39.4. The highest BCUT2D eigenvalue weighted by Crippen LogP contribution is 2.36. The van der Waals surface area contributed by atoms with Crippen LogP contribution in [-0.4, -0.2) is 91.2 Å². The largest absolute Gasteiger partial charge is 0.461 e. The number of carbonyl (C=O) groups is 2. The lowest BCUT2D eigenvalue weighted by Crippen LogP contribution is -2.32. The van der Waals surface area contributed by atoms with E-state index < -0.39 is 5.79 Å². The summed E-state index contributed by atoms with van der Waals surface area (Å²) in [4.78, 5) is 28.0. The van der Waals surface area contributed by atoms with Gasteiger partial charge in [-0.3, -0.25) is 9.59 Å². The van der Waals surface area contributed by atoms with E-state index in [0.29, 0.717) is 19.4 Å². The molecule has 0 saturated carbocycles. The van der Waals surface area contributed by atoms with Gasteiger partial charge in [-0.25, -0.2) is 0 Å². The van der Waals surface area contributed by atoms with Gasteiger partial charge in [0.25, 0.3) is 0 Å². The minimum absolute atomic E-state index is 0.0171. The van der Waals surface area contributed by atoms with Crippen molar-refractivity contribution < 1.29 is 28.5 Å². The molecular formula is C49H95NO6S2. The van der Waals surface area contributed by atoms with Crippen molar-refractivity contribution in [2.75, 3.05) is 50.3 Å². The molecule has 3 atom stereocenters. The molecule has 9 heteroatoms. The first kappa shape index (κ1) is 55.5. The summed E-state index contributed by atoms with van der Waals surface area (Å²) in [7, 11) is 4.23. The van der Waals surface area contributed by atoms with Crippen LogP contribution in [0.15, 0.2) is 0 Å². The minimum Gasteiger partial charge on any atom is -0.461 e. The van der Waals surface area contributed by atoms with Crippen molar-refractivity contribution in [3.05, 3.63) is 0 Å². The van der Waals surface area contributed by atoms with E-state index in [4.69, 9.17) is 18.9 Å². The topological polar surface area (TPSA) is 74.3 Å². The van der Waals surface area contributed by atoms with Gasteiger partial charge in [0.05, 0.1) is 12.7 Å². The van der Waals surface area contributed by atoms with Crippen molar-refractivity contribution in [1.29, 1.82) is 0 Å². The zero-order valence-electron chi connectivity index (χ0n) is 39.1. The van der Waals surface area contributed by atoms with Gasteiger partial charge in [-0.1, -0.05) is 130 Å². The van der Waals surface area contributed by atoms with E-state index in [1.165, 1.54) is 103 Å². The molecule has 7 nitrogen and oxygen atoms in total. The fourth-order valence-electron chi connectivity index (χ4n) is 7.71. The molecule has 1 rings (SSSR count). The summed E-state index contributed by atoms with van der Waals surface area (Å²) in [6.45, 7) is 10.6. The van der Waals surface area contributed by atoms with Gasteiger partial charge >= 0.3 is 11.9 Å². The van der Waals surface area contributed by atoms with E-state index in [-0.39, 0.29) is 30.3 Å². The molecule has 0 radical (unpaired) electrons. The first-order valence-electron chi connectivity index (χ1n) is 24.8. The Morgan fingerprint density at radius 2 is 1.00 bits per heavy atom. The molecule has 0 aromatic heterocycles. The fraction of sp³-hybridized carbons (Fsp3) is 0.959. The van der Waals surface area contributed by atoms with E-state index in [9.17, 15) is 9.59 Å². The molecule has 0 spiro atoms. The number of esters is 2. The second-order valence-electron chi connectivity index (χ2n) is 17.6. The third-order valence-corrected chi connectivity index (χ3v) is 13.8. The van der Waals surface area contributed by atoms with E-state index in [1.54, 1.807) is 0 Å². The Kier molecular flexibility index (Phi) is 37.7. The Labute approximate surface area is 368 Å². The summed E-state index contributed by atoms with van der Waals surface area (Å²) in [6, 6.07) is 0. The number of hydrogen-bond donors (Lipinski definition) is 0. The quantitative estimate of drug-likeness (QED) is 0.0440. The van der Waals surface area contributed by atoms with Gasteiger partial charge in [0.2, 0.25) is 0 Å². The van der Waals surface area contributed by atoms with Crippen LogP contribution < -0.4 is 0 Å². The van der Waals surface area contributed by atoms with Crippen LogP contribution in [0, 0.1) is 0 Å². The molecular weight excluding hydrogens is 763 g/mol. The number of carbonyl (C=O) groups excluding carboxylic acids is 2. The van der Waals surface area contributed by atoms with Crippen LogP contribution in [0.5, 0.6) is 0 Å². The van der Waals surface area contributed by atoms with Gasteiger partial charge in [0.15, 0.2) is 5.79 Å². The lowest BCUT2D eigenvalue weighted by atomic mass is 9.99. The molecule has 0 amide bonds. The number of thioether (sulfide) groups is 2. The summed E-state index contributed by atoms with van der Waals surface area (Å²) in [5, 5.41) is 0. The number of rotatable bonds is 43. The van der Waals surface area contributed by atoms with E-state index in [2.05, 4.69) is 46.7 Å². The Hall–Kier alpha value is -0.480. The molecule has 3 unspecified atom stereocenters. The average Bonchev–Trinajstić information content (AvgIpc) is 3.62. The van der Waals surface area contributed by atoms with Gasteiger partial charge in [-0.15, -0.1) is 0 Å². The highest BCUT2D eigenvalue weighted by molar-refractivity contribution is 7.99. The highest BCUT2D eigenvalue weighted by Gasteiger charge is 2.40. The summed E-state index contributed by atoms with van der Waals surface area (Å²) < 4.78 is 25.6. The van der Waals surface area contributed by atoms with Crippen molar-refractivity contribution >= 4 is 35.5 Å². The lowest BCUT2D eigenvalue weighted by Gasteiger charge is -2.29. The third-order valence-electron chi connectivity index (χ3n) is 11.4. The highest BCUT2D eigenvalue weighted by atomic mass is 32.2. The predicted octanol–water partition coefficient (Wildman–Crippen LogP) is 14.1. The van der Waals surface area contributed by atoms with Crippen molar-refractivity contribution in [2.45, 2.75) is 251 Å². The molecule has 1 aliphatic heterocycles. The first-order chi connectivity index (χ1) is 28.3. The van der Waals surface area contributed by atoms with Gasteiger partial charge in [0.1, 0.15) is 12.2 Å². The van der Waals surface area contributed by atoms with Crippen LogP contribution in [0.25, 0.3) is 0 Å². The molecule has 58 heavy (non-hydrogen) atoms. The molecule has 1 heterocycles. The minimum atomic E-state index is -0.562. The Bertz CT molecular complexity index is 881. The van der Waals surface area contributed by atoms with Crippen molar-refractivity contribution in [3.8, 4) is 0 Å². The number of ether oxygens (including phenoxy) is 4. The van der Waals surface area contributed by atoms with Crippen LogP contribution in [0.3, 0.4) is 0 Å². The normalized spacial score (nSPS) is 17.9. The van der Waals surface area contributed by atoms with Crippen LogP contribution >= 0.6 is 23.5 Å². The van der Waals surface area contributed by atoms with Crippen molar-refractivity contribution in [1.82, 2.24) is 4.90 Å². The summed E-state index contributed by atoms with van der Waals surface area (Å²) in [5.41, 5.74) is 0. The SMILES string of the molecule is CCCCCCCCCC(=O)OC(CCCCC1(CCCCC(CSCCCCC)OC(=O)CCCCCCCCC)OCC(CCN(C)C)O1)CSCCCCC. The predicted molar refractivity (Wildman–Crippen MR) is 252 cm³/mol. The standard InChI is InChI=1S/C49H95NO6S2/c1-7-11-15-17-19-21-23-33-47(51)54-45(42-57-39-29-13-9-3)31-25-27-36-49(53-41-44(56-49)35-38-50(5)6)37-28-26-32-46(43-58-40-30-14-10-4)55-48(52)34-24-22-20-18-16-12-8-2/h44-46H,7-43H2,1-6H3. The number of nitrogens with zero attached hydrogens (tertiary/aromatic N) is 1. The average molecular weight is 858 g/mol. The molecule has 344 valence electrons. The smallest absolute Gasteiger partial charge is 0.306 e. The van der Waals surface area contributed by atoms with E-state index >= 15 is 0 Å². The van der Waals surface area contributed by atoms with Crippen LogP contribution in [0.4, 0.5) is 0 Å². The molecule has 0 bridgehead atoms. The molecule has 0 aromatic rings. The number of hydrogen-bond acceptors (Lipinski definition) is 9. The monoisotopic (exact) mass is 858 g/mol. The Balaban J connectivity index is 2.74. The number of unbranched alkanes of at least 4 members (excludes halogenated alkanes) is 18. The van der Waals surface area contributed by atoms with E-state index in [1.807, 2.05) is 23.5 Å². The summed E-state index contributed by atoms with van der Waals surface area (Å²) in [5.74, 6) is 3.45. The van der Waals surface area contributed by atoms with Gasteiger partial charge < -0.3 is 23.8 Å². The maximum absolute atomic E-state index is 12.9. The maximum Gasteiger partial charge on any atom is 0.306 e. The summed E-state index contributed by atoms with van der Waals surface area (Å²) in [6.07, 6.45) is 33.9. The van der Waals surface area contributed by atoms with Crippen molar-refractivity contribution in [3.63, 3.8) is 0 Å². The lowest BCUT2D eigenvalue weighted by molar-refractivity contribution is -0.180. The third kappa shape index (κ3) is 32.3. The Morgan fingerprint density at radius 3 is 1.43 bits per heavy atom. The van der Waals surface area contributed by atoms with Crippen LogP contribution in [-0.2, 0) is 28.5 Å². The van der Waals surface area contributed by atoms with Gasteiger partial charge in [-0.05, 0) is 96.2 Å².